The number of ether oxygens (including phenoxy) is 1. The van der Waals surface area contributed by atoms with Crippen molar-refractivity contribution in [3.05, 3.63) is 124 Å². The first-order chi connectivity index (χ1) is 36.4. The second-order valence-corrected chi connectivity index (χ2v) is 24.8. The summed E-state index contributed by atoms with van der Waals surface area (Å²) in [4.78, 5) is 42.3. The van der Waals surface area contributed by atoms with Crippen LogP contribution in [0.3, 0.4) is 0 Å². The van der Waals surface area contributed by atoms with Gasteiger partial charge in [0.2, 0.25) is 5.78 Å². The predicted octanol–water partition coefficient (Wildman–Crippen LogP) is 7.88. The molecule has 4 aromatic rings. The number of carbonyl (C=O) groups excluding carboxylic acids is 2. The summed E-state index contributed by atoms with van der Waals surface area (Å²) in [6.45, 7) is 11.6. The second kappa shape index (κ2) is 27.3. The molecule has 1 aliphatic carbocycles. The molecule has 4 aromatic carbocycles. The number of sulfone groups is 1. The molecule has 17 nitrogen and oxygen atoms in total. The number of nitrogens with zero attached hydrogens (tertiary/aromatic N) is 5. The Morgan fingerprint density at radius 2 is 1.57 bits per heavy atom. The van der Waals surface area contributed by atoms with Gasteiger partial charge in [-0.25, -0.2) is 21.6 Å². The number of anilines is 2. The second-order valence-electron chi connectivity index (χ2n) is 19.7. The summed E-state index contributed by atoms with van der Waals surface area (Å²) in [7, 11) is -10.9. The van der Waals surface area contributed by atoms with Crippen LogP contribution in [-0.2, 0) is 34.2 Å². The van der Waals surface area contributed by atoms with Crippen LogP contribution in [0.5, 0.6) is 0 Å². The van der Waals surface area contributed by atoms with E-state index in [2.05, 4.69) is 50.8 Å². The third-order valence-electron chi connectivity index (χ3n) is 13.4. The molecule has 2 aliphatic heterocycles. The molecule has 0 spiro atoms. The molecule has 2 fully saturated rings. The van der Waals surface area contributed by atoms with Crippen molar-refractivity contribution in [1.29, 1.82) is 0 Å². The molecule has 0 saturated carbocycles. The number of thioether (sulfide) groups is 1. The topological polar surface area (TPSA) is 245 Å². The first-order valence-corrected chi connectivity index (χ1v) is 29.3. The van der Waals surface area contributed by atoms with Crippen molar-refractivity contribution in [2.45, 2.75) is 84.7 Å². The molecular formula is C53H64ClF3N8O9S3. The van der Waals surface area contributed by atoms with Crippen molar-refractivity contribution >= 4 is 84.0 Å². The van der Waals surface area contributed by atoms with E-state index >= 15 is 0 Å². The SMILES string of the molecule is CC1(C)CCC(c2ccc(Cl)cc2)=C(CN2CCN(c3ccc(C(=O)NS(=O)(=O)c4ccc(N[C@H](CCN5CCOCC5)CSc5ccccc5)c(S(=O)(=O)C(F)(F)F)c4)cc3)CC2)C1.[N-]=[N+]=CC(=O)CC[C@H](N)C(=O)O. The van der Waals surface area contributed by atoms with Gasteiger partial charge in [-0.15, -0.1) is 11.8 Å². The van der Waals surface area contributed by atoms with Crippen molar-refractivity contribution < 1.29 is 59.0 Å². The lowest BCUT2D eigenvalue weighted by Gasteiger charge is -2.39. The third-order valence-corrected chi connectivity index (χ3v) is 17.7. The normalized spacial score (nSPS) is 17.3. The molecular weight excluding hydrogens is 1080 g/mol. The number of hydrogen-bond donors (Lipinski definition) is 4. The summed E-state index contributed by atoms with van der Waals surface area (Å²) in [5.74, 6) is -2.25. The molecule has 3 aliphatic rings. The molecule has 77 heavy (non-hydrogen) atoms. The van der Waals surface area contributed by atoms with Gasteiger partial charge in [0.15, 0.2) is 0 Å². The average Bonchev–Trinajstić information content (AvgIpc) is 3.41. The summed E-state index contributed by atoms with van der Waals surface area (Å²) in [5, 5.41) is 12.0. The number of nitrogens with one attached hydrogen (secondary N) is 2. The lowest BCUT2D eigenvalue weighted by atomic mass is 9.73. The Labute approximate surface area is 456 Å². The van der Waals surface area contributed by atoms with E-state index in [4.69, 9.17) is 32.7 Å². The Morgan fingerprint density at radius 3 is 2.19 bits per heavy atom. The number of piperazine rings is 1. The number of nitrogens with two attached hydrogens (primary N) is 1. The van der Waals surface area contributed by atoms with Crippen molar-refractivity contribution in [2.75, 3.05) is 81.5 Å². The number of hydrogen-bond acceptors (Lipinski definition) is 14. The van der Waals surface area contributed by atoms with Crippen molar-refractivity contribution in [1.82, 2.24) is 14.5 Å². The Bertz CT molecular complexity index is 2990. The fourth-order valence-electron chi connectivity index (χ4n) is 9.04. The number of carbonyl (C=O) groups is 3. The van der Waals surface area contributed by atoms with E-state index in [1.807, 2.05) is 47.2 Å². The van der Waals surface area contributed by atoms with Gasteiger partial charge in [-0.05, 0) is 115 Å². The Hall–Kier alpha value is -5.62. The van der Waals surface area contributed by atoms with E-state index in [0.29, 0.717) is 62.3 Å². The minimum absolute atomic E-state index is 0.00186. The van der Waals surface area contributed by atoms with Crippen molar-refractivity contribution in [2.24, 2.45) is 11.1 Å². The first kappa shape index (κ1) is 60.6. The zero-order chi connectivity index (χ0) is 56.0. The van der Waals surface area contributed by atoms with Gasteiger partial charge in [-0.1, -0.05) is 61.4 Å². The fraction of sp³-hybridized carbons (Fsp3) is 0.434. The molecule has 2 heterocycles. The van der Waals surface area contributed by atoms with Crippen LogP contribution in [0, 0.1) is 5.41 Å². The Balaban J connectivity index is 0.000000713. The summed E-state index contributed by atoms with van der Waals surface area (Å²) in [6.07, 6.45) is 4.33. The molecule has 2 saturated heterocycles. The van der Waals surface area contributed by atoms with Crippen LogP contribution in [-0.4, -0.2) is 149 Å². The Morgan fingerprint density at radius 1 is 0.909 bits per heavy atom. The predicted molar refractivity (Wildman–Crippen MR) is 291 cm³/mol. The molecule has 1 amide bonds. The van der Waals surface area contributed by atoms with Gasteiger partial charge in [0, 0.05) is 91.7 Å². The number of amides is 1. The van der Waals surface area contributed by atoms with E-state index in [-0.39, 0.29) is 23.8 Å². The maximum atomic E-state index is 14.2. The number of sulfonamides is 1. The zero-order valence-electron chi connectivity index (χ0n) is 42.8. The first-order valence-electron chi connectivity index (χ1n) is 24.9. The summed E-state index contributed by atoms with van der Waals surface area (Å²) in [5.41, 5.74) is 12.0. The molecule has 0 unspecified atom stereocenters. The molecule has 5 N–H and O–H groups in total. The standard InChI is InChI=1S/C47H55ClF3N5O6S3.C6H9N3O3/c1-46(2)20-18-42(34-8-12-37(48)13-9-34)36(31-46)32-55-22-24-56(25-23-55)39-14-10-35(11-15-39)45(57)53-65(60,61)41-16-17-43(44(30-41)64(58,59)47(49,50)51)52-38(19-21-54-26-28-62-29-27-54)33-63-40-6-4-3-5-7-40;7-5(6(11)12)2-1-4(10)3-9-8/h3-17,30,38,52H,18-29,31-33H2,1-2H3,(H,53,57);3,5H,1-2,7H2,(H,11,12)/t38-;5-/m10/s1. The highest BCUT2D eigenvalue weighted by Crippen LogP contribution is 2.43. The highest BCUT2D eigenvalue weighted by Gasteiger charge is 2.48. The number of allylic oxidation sites excluding steroid dienone is 1. The number of morpholine rings is 1. The third kappa shape index (κ3) is 17.7. The molecule has 24 heteroatoms. The van der Waals surface area contributed by atoms with Gasteiger partial charge < -0.3 is 31.3 Å². The van der Waals surface area contributed by atoms with Crippen LogP contribution < -0.4 is 20.7 Å². The smallest absolute Gasteiger partial charge is 0.480 e. The van der Waals surface area contributed by atoms with Gasteiger partial charge >= 0.3 is 17.7 Å². The van der Waals surface area contributed by atoms with E-state index in [0.717, 1.165) is 74.7 Å². The minimum atomic E-state index is -6.05. The maximum absolute atomic E-state index is 14.2. The number of halogens is 4. The quantitative estimate of drug-likeness (QED) is 0.0268. The van der Waals surface area contributed by atoms with E-state index in [9.17, 15) is 44.4 Å². The molecule has 416 valence electrons. The molecule has 0 bridgehead atoms. The van der Waals surface area contributed by atoms with Gasteiger partial charge in [-0.3, -0.25) is 24.2 Å². The zero-order valence-corrected chi connectivity index (χ0v) is 46.0. The molecule has 2 atom stereocenters. The number of ketones is 1. The number of benzene rings is 4. The van der Waals surface area contributed by atoms with Gasteiger partial charge in [0.25, 0.3) is 25.8 Å². The van der Waals surface area contributed by atoms with Gasteiger partial charge in [-0.2, -0.15) is 18.0 Å². The number of alkyl halides is 3. The van der Waals surface area contributed by atoms with Crippen LogP contribution in [0.2, 0.25) is 5.02 Å². The van der Waals surface area contributed by atoms with Crippen LogP contribution in [0.4, 0.5) is 24.5 Å². The number of aliphatic carboxylic acids is 1. The number of carboxylic acid groups (broad SMARTS) is 1. The van der Waals surface area contributed by atoms with Gasteiger partial charge in [0.1, 0.15) is 10.9 Å². The average molecular weight is 1150 g/mol. The molecule has 0 radical (unpaired) electrons. The summed E-state index contributed by atoms with van der Waals surface area (Å²) < 4.78 is 103. The molecule has 0 aromatic heterocycles. The lowest BCUT2D eigenvalue weighted by molar-refractivity contribution is -0.138. The van der Waals surface area contributed by atoms with E-state index in [1.54, 1.807) is 12.1 Å². The minimum Gasteiger partial charge on any atom is -0.480 e. The lowest BCUT2D eigenvalue weighted by Crippen LogP contribution is -2.47. The highest BCUT2D eigenvalue weighted by atomic mass is 35.5. The van der Waals surface area contributed by atoms with Crippen LogP contribution in [0.1, 0.15) is 68.3 Å². The largest absolute Gasteiger partial charge is 0.501 e. The van der Waals surface area contributed by atoms with E-state index < -0.39 is 70.6 Å². The van der Waals surface area contributed by atoms with Crippen LogP contribution in [0.15, 0.2) is 117 Å². The van der Waals surface area contributed by atoms with E-state index in [1.165, 1.54) is 40.6 Å². The number of carboxylic acids is 1. The van der Waals surface area contributed by atoms with Crippen LogP contribution in [0.25, 0.3) is 11.1 Å². The summed E-state index contributed by atoms with van der Waals surface area (Å²) in [6, 6.07) is 24.7. The monoisotopic (exact) mass is 1140 g/mol. The number of rotatable bonds is 21. The Kier molecular flexibility index (Phi) is 21.5. The fourth-order valence-corrected chi connectivity index (χ4v) is 12.2. The van der Waals surface area contributed by atoms with Crippen molar-refractivity contribution in [3.8, 4) is 0 Å². The van der Waals surface area contributed by atoms with Crippen molar-refractivity contribution in [3.63, 3.8) is 0 Å². The number of Topliss-reactive ketones (excluding diaryl/α,β-unsaturated/α-hetero) is 1. The van der Waals surface area contributed by atoms with Gasteiger partial charge in [0.05, 0.1) is 23.8 Å². The summed E-state index contributed by atoms with van der Waals surface area (Å²) >= 11 is 7.64. The molecule has 7 rings (SSSR count). The maximum Gasteiger partial charge on any atom is 0.501 e. The highest BCUT2D eigenvalue weighted by molar-refractivity contribution is 7.99. The van der Waals surface area contributed by atoms with Crippen LogP contribution >= 0.6 is 23.4 Å².